The fourth-order valence-electron chi connectivity index (χ4n) is 1.39. The van der Waals surface area contributed by atoms with Crippen LogP contribution in [0.4, 0.5) is 11.6 Å². The first-order valence-corrected chi connectivity index (χ1v) is 6.20. The Bertz CT molecular complexity index is 396. The van der Waals surface area contributed by atoms with Gasteiger partial charge in [-0.1, -0.05) is 6.92 Å². The average molecular weight is 252 g/mol. The van der Waals surface area contributed by atoms with Gasteiger partial charge in [-0.2, -0.15) is 0 Å². The van der Waals surface area contributed by atoms with Gasteiger partial charge in [0, 0.05) is 19.0 Å². The second kappa shape index (κ2) is 7.47. The van der Waals surface area contributed by atoms with Gasteiger partial charge in [0.1, 0.15) is 24.0 Å². The molecule has 0 unspecified atom stereocenters. The van der Waals surface area contributed by atoms with Crippen molar-refractivity contribution in [1.29, 1.82) is 0 Å². The van der Waals surface area contributed by atoms with Gasteiger partial charge in [-0.05, 0) is 13.8 Å². The quantitative estimate of drug-likeness (QED) is 0.715. The predicted molar refractivity (Wildman–Crippen MR) is 70.7 cm³/mol. The SMILES string of the molecule is CCNc1cc(NCC(=O)OCC)nc(CC)n1. The number of aromatic nitrogens is 2. The Balaban J connectivity index is 2.68. The Morgan fingerprint density at radius 1 is 1.22 bits per heavy atom. The third kappa shape index (κ3) is 4.57. The van der Waals surface area contributed by atoms with E-state index in [-0.39, 0.29) is 12.5 Å². The van der Waals surface area contributed by atoms with Crippen molar-refractivity contribution in [3.63, 3.8) is 0 Å². The molecule has 0 aliphatic carbocycles. The number of nitrogens with zero attached hydrogens (tertiary/aromatic N) is 2. The number of aryl methyl sites for hydroxylation is 1. The van der Waals surface area contributed by atoms with E-state index in [1.165, 1.54) is 0 Å². The van der Waals surface area contributed by atoms with Gasteiger partial charge < -0.3 is 15.4 Å². The lowest BCUT2D eigenvalue weighted by Gasteiger charge is -2.09. The Labute approximate surface area is 107 Å². The first kappa shape index (κ1) is 14.2. The maximum absolute atomic E-state index is 11.2. The second-order valence-corrected chi connectivity index (χ2v) is 3.60. The van der Waals surface area contributed by atoms with Crippen molar-refractivity contribution >= 4 is 17.6 Å². The zero-order chi connectivity index (χ0) is 13.4. The van der Waals surface area contributed by atoms with E-state index in [2.05, 4.69) is 20.6 Å². The van der Waals surface area contributed by atoms with Gasteiger partial charge in [0.2, 0.25) is 0 Å². The van der Waals surface area contributed by atoms with Gasteiger partial charge in [-0.25, -0.2) is 9.97 Å². The molecular weight excluding hydrogens is 232 g/mol. The van der Waals surface area contributed by atoms with Crippen LogP contribution in [0, 0.1) is 0 Å². The molecule has 1 rings (SSSR count). The Morgan fingerprint density at radius 3 is 2.44 bits per heavy atom. The number of carbonyl (C=O) groups excluding carboxylic acids is 1. The Morgan fingerprint density at radius 2 is 1.89 bits per heavy atom. The van der Waals surface area contributed by atoms with Crippen LogP contribution in [-0.2, 0) is 16.0 Å². The average Bonchev–Trinajstić information content (AvgIpc) is 2.37. The molecular formula is C12H20N4O2. The van der Waals surface area contributed by atoms with Crippen molar-refractivity contribution in [3.05, 3.63) is 11.9 Å². The summed E-state index contributed by atoms with van der Waals surface area (Å²) >= 11 is 0. The molecule has 0 radical (unpaired) electrons. The fraction of sp³-hybridized carbons (Fsp3) is 0.583. The molecule has 100 valence electrons. The number of ether oxygens (including phenoxy) is 1. The van der Waals surface area contributed by atoms with E-state index in [4.69, 9.17) is 4.74 Å². The molecule has 0 bridgehead atoms. The van der Waals surface area contributed by atoms with Crippen LogP contribution in [0.2, 0.25) is 0 Å². The molecule has 0 saturated heterocycles. The zero-order valence-electron chi connectivity index (χ0n) is 11.1. The standard InChI is InChI=1S/C12H20N4O2/c1-4-9-15-10(13-5-2)7-11(16-9)14-8-12(17)18-6-3/h7H,4-6,8H2,1-3H3,(H2,13,14,15,16). The molecule has 6 heteroatoms. The molecule has 0 atom stereocenters. The highest BCUT2D eigenvalue weighted by atomic mass is 16.5. The van der Waals surface area contributed by atoms with Crippen molar-refractivity contribution in [3.8, 4) is 0 Å². The number of hydrogen-bond donors (Lipinski definition) is 2. The summed E-state index contributed by atoms with van der Waals surface area (Å²) in [6.45, 7) is 7.05. The second-order valence-electron chi connectivity index (χ2n) is 3.60. The van der Waals surface area contributed by atoms with Gasteiger partial charge in [-0.3, -0.25) is 4.79 Å². The summed E-state index contributed by atoms with van der Waals surface area (Å²) in [5, 5.41) is 6.07. The number of hydrogen-bond acceptors (Lipinski definition) is 6. The number of anilines is 2. The van der Waals surface area contributed by atoms with Crippen LogP contribution >= 0.6 is 0 Å². The predicted octanol–water partition coefficient (Wildman–Crippen LogP) is 1.45. The van der Waals surface area contributed by atoms with Crippen LogP contribution in [0.15, 0.2) is 6.07 Å². The summed E-state index contributed by atoms with van der Waals surface area (Å²) < 4.78 is 4.84. The molecule has 6 nitrogen and oxygen atoms in total. The van der Waals surface area contributed by atoms with Gasteiger partial charge in [0.05, 0.1) is 6.61 Å². The van der Waals surface area contributed by atoms with Crippen LogP contribution < -0.4 is 10.6 Å². The molecule has 1 aromatic heterocycles. The first-order chi connectivity index (χ1) is 8.69. The number of esters is 1. The molecule has 0 saturated carbocycles. The lowest BCUT2D eigenvalue weighted by atomic mass is 10.4. The lowest BCUT2D eigenvalue weighted by molar-refractivity contribution is -0.140. The summed E-state index contributed by atoms with van der Waals surface area (Å²) in [6, 6.07) is 1.78. The largest absolute Gasteiger partial charge is 0.465 e. The van der Waals surface area contributed by atoms with Crippen LogP contribution in [-0.4, -0.2) is 35.6 Å². The highest BCUT2D eigenvalue weighted by molar-refractivity contribution is 5.74. The van der Waals surface area contributed by atoms with E-state index in [1.54, 1.807) is 13.0 Å². The summed E-state index contributed by atoms with van der Waals surface area (Å²) in [5.41, 5.74) is 0. The van der Waals surface area contributed by atoms with E-state index in [1.807, 2.05) is 13.8 Å². The molecule has 1 heterocycles. The minimum absolute atomic E-state index is 0.111. The summed E-state index contributed by atoms with van der Waals surface area (Å²) in [6.07, 6.45) is 0.743. The molecule has 0 amide bonds. The maximum Gasteiger partial charge on any atom is 0.325 e. The number of rotatable bonds is 7. The van der Waals surface area contributed by atoms with Crippen LogP contribution in [0.5, 0.6) is 0 Å². The minimum atomic E-state index is -0.292. The van der Waals surface area contributed by atoms with Crippen molar-refractivity contribution < 1.29 is 9.53 Å². The van der Waals surface area contributed by atoms with E-state index in [0.29, 0.717) is 12.4 Å². The summed E-state index contributed by atoms with van der Waals surface area (Å²) in [5.74, 6) is 1.83. The molecule has 0 fully saturated rings. The Hall–Kier alpha value is -1.85. The van der Waals surface area contributed by atoms with Crippen LogP contribution in [0.25, 0.3) is 0 Å². The van der Waals surface area contributed by atoms with Crippen LogP contribution in [0.3, 0.4) is 0 Å². The smallest absolute Gasteiger partial charge is 0.325 e. The minimum Gasteiger partial charge on any atom is -0.465 e. The number of carbonyl (C=O) groups is 1. The molecule has 0 aromatic carbocycles. The van der Waals surface area contributed by atoms with Gasteiger partial charge in [-0.15, -0.1) is 0 Å². The summed E-state index contributed by atoms with van der Waals surface area (Å²) in [4.78, 5) is 19.9. The van der Waals surface area contributed by atoms with E-state index in [0.717, 1.165) is 24.6 Å². The normalized spacial score (nSPS) is 9.94. The number of nitrogens with one attached hydrogen (secondary N) is 2. The topological polar surface area (TPSA) is 76.1 Å². The third-order valence-corrected chi connectivity index (χ3v) is 2.17. The molecule has 0 aliphatic rings. The van der Waals surface area contributed by atoms with E-state index < -0.39 is 0 Å². The monoisotopic (exact) mass is 252 g/mol. The molecule has 2 N–H and O–H groups in total. The van der Waals surface area contributed by atoms with Crippen molar-refractivity contribution in [1.82, 2.24) is 9.97 Å². The highest BCUT2D eigenvalue weighted by Crippen LogP contribution is 2.11. The summed E-state index contributed by atoms with van der Waals surface area (Å²) in [7, 11) is 0. The van der Waals surface area contributed by atoms with E-state index >= 15 is 0 Å². The van der Waals surface area contributed by atoms with Gasteiger partial charge in [0.25, 0.3) is 0 Å². The third-order valence-electron chi connectivity index (χ3n) is 2.17. The first-order valence-electron chi connectivity index (χ1n) is 6.20. The highest BCUT2D eigenvalue weighted by Gasteiger charge is 2.05. The maximum atomic E-state index is 11.2. The molecule has 1 aromatic rings. The molecule has 18 heavy (non-hydrogen) atoms. The van der Waals surface area contributed by atoms with Gasteiger partial charge in [0.15, 0.2) is 0 Å². The van der Waals surface area contributed by atoms with Crippen LogP contribution in [0.1, 0.15) is 26.6 Å². The lowest BCUT2D eigenvalue weighted by Crippen LogP contribution is -2.18. The molecule has 0 aliphatic heterocycles. The van der Waals surface area contributed by atoms with E-state index in [9.17, 15) is 4.79 Å². The van der Waals surface area contributed by atoms with Gasteiger partial charge >= 0.3 is 5.97 Å². The van der Waals surface area contributed by atoms with Crippen molar-refractivity contribution in [2.75, 3.05) is 30.3 Å². The zero-order valence-corrected chi connectivity index (χ0v) is 11.1. The Kier molecular flexibility index (Phi) is 5.90. The van der Waals surface area contributed by atoms with Crippen molar-refractivity contribution in [2.45, 2.75) is 27.2 Å². The van der Waals surface area contributed by atoms with Crippen molar-refractivity contribution in [2.24, 2.45) is 0 Å². The molecule has 0 spiro atoms. The fourth-order valence-corrected chi connectivity index (χ4v) is 1.39.